The zero-order chi connectivity index (χ0) is 24.9. The summed E-state index contributed by atoms with van der Waals surface area (Å²) in [6, 6.07) is 0. The van der Waals surface area contributed by atoms with Gasteiger partial charge in [0, 0.05) is 11.4 Å². The van der Waals surface area contributed by atoms with E-state index < -0.39 is 69.5 Å². The second kappa shape index (κ2) is 8.80. The van der Waals surface area contributed by atoms with Crippen LogP contribution in [0.15, 0.2) is 28.4 Å². The van der Waals surface area contributed by atoms with Crippen LogP contribution in [0.2, 0.25) is 0 Å². The van der Waals surface area contributed by atoms with Crippen LogP contribution in [0.5, 0.6) is 0 Å². The summed E-state index contributed by atoms with van der Waals surface area (Å²) >= 11 is 0. The van der Waals surface area contributed by atoms with Crippen molar-refractivity contribution >= 4 is 17.1 Å². The summed E-state index contributed by atoms with van der Waals surface area (Å²) in [6.07, 6.45) is 3.76. The number of benzene rings is 2. The summed E-state index contributed by atoms with van der Waals surface area (Å²) in [5, 5.41) is 2.19. The lowest BCUT2D eigenvalue weighted by Gasteiger charge is -2.29. The molecule has 0 aliphatic heterocycles. The fourth-order valence-corrected chi connectivity index (χ4v) is 3.84. The Labute approximate surface area is 185 Å². The minimum Gasteiger partial charge on any atom is -0.354 e. The van der Waals surface area contributed by atoms with Crippen LogP contribution in [0.3, 0.4) is 0 Å². The van der Waals surface area contributed by atoms with Crippen molar-refractivity contribution in [3.05, 3.63) is 81.6 Å². The van der Waals surface area contributed by atoms with Crippen LogP contribution in [-0.4, -0.2) is 5.71 Å². The summed E-state index contributed by atoms with van der Waals surface area (Å²) < 4.78 is 136. The molecule has 1 N–H and O–H groups in total. The molecule has 2 nitrogen and oxygen atoms in total. The normalized spacial score (nSPS) is 19.1. The number of allylic oxidation sites excluding steroid dienone is 4. The number of hydrogen-bond donors (Lipinski definition) is 1. The average Bonchev–Trinajstić information content (AvgIpc) is 2.84. The standard InChI is InChI=1S/C22H12F10N2/c23-11-13(25)17(29)21(18(30)14(11)26)33-9-3-1-7-2-4-10(6-8(7)5-9)34-22-19(31)15(27)12(24)16(28)20(22)32/h5-7,33H,1-4H2/b34-10+. The summed E-state index contributed by atoms with van der Waals surface area (Å²) in [5.74, 6) is -21.6. The maximum atomic E-state index is 14.0. The molecule has 34 heavy (non-hydrogen) atoms. The maximum absolute atomic E-state index is 14.0. The Morgan fingerprint density at radius 1 is 0.588 bits per heavy atom. The van der Waals surface area contributed by atoms with E-state index in [2.05, 4.69) is 10.3 Å². The van der Waals surface area contributed by atoms with Crippen LogP contribution >= 0.6 is 0 Å². The molecule has 0 fully saturated rings. The number of nitrogens with one attached hydrogen (secondary N) is 1. The molecule has 0 saturated heterocycles. The predicted molar refractivity (Wildman–Crippen MR) is 101 cm³/mol. The lowest BCUT2D eigenvalue weighted by molar-refractivity contribution is 0.381. The molecule has 2 aromatic carbocycles. The van der Waals surface area contributed by atoms with Crippen molar-refractivity contribution in [2.75, 3.05) is 5.32 Å². The first-order chi connectivity index (χ1) is 16.0. The van der Waals surface area contributed by atoms with Crippen LogP contribution in [0.25, 0.3) is 0 Å². The highest BCUT2D eigenvalue weighted by atomic mass is 19.2. The zero-order valence-electron chi connectivity index (χ0n) is 16.8. The van der Waals surface area contributed by atoms with Crippen molar-refractivity contribution in [3.8, 4) is 0 Å². The Morgan fingerprint density at radius 2 is 1.06 bits per heavy atom. The summed E-state index contributed by atoms with van der Waals surface area (Å²) in [5.41, 5.74) is -2.10. The van der Waals surface area contributed by atoms with E-state index in [1.807, 2.05) is 0 Å². The average molecular weight is 494 g/mol. The van der Waals surface area contributed by atoms with Gasteiger partial charge in [0.05, 0.1) is 0 Å². The highest BCUT2D eigenvalue weighted by Gasteiger charge is 2.30. The van der Waals surface area contributed by atoms with Crippen molar-refractivity contribution < 1.29 is 43.9 Å². The fraction of sp³-hybridized carbons (Fsp3) is 0.227. The van der Waals surface area contributed by atoms with E-state index in [-0.39, 0.29) is 30.2 Å². The molecule has 0 aromatic heterocycles. The van der Waals surface area contributed by atoms with Crippen LogP contribution in [0.4, 0.5) is 55.3 Å². The topological polar surface area (TPSA) is 24.4 Å². The second-order valence-corrected chi connectivity index (χ2v) is 7.68. The molecule has 0 bridgehead atoms. The molecule has 2 aromatic rings. The third-order valence-corrected chi connectivity index (χ3v) is 5.59. The minimum absolute atomic E-state index is 0.0248. The first-order valence-corrected chi connectivity index (χ1v) is 9.80. The molecular formula is C22H12F10N2. The van der Waals surface area contributed by atoms with E-state index in [0.29, 0.717) is 18.4 Å². The highest BCUT2D eigenvalue weighted by Crippen LogP contribution is 2.38. The highest BCUT2D eigenvalue weighted by molar-refractivity contribution is 5.98. The van der Waals surface area contributed by atoms with E-state index >= 15 is 0 Å². The van der Waals surface area contributed by atoms with Gasteiger partial charge in [-0.15, -0.1) is 0 Å². The second-order valence-electron chi connectivity index (χ2n) is 7.68. The first kappa shape index (κ1) is 23.8. The molecule has 0 spiro atoms. The Hall–Kier alpha value is -3.31. The van der Waals surface area contributed by atoms with Gasteiger partial charge in [0.25, 0.3) is 0 Å². The Morgan fingerprint density at radius 3 is 1.62 bits per heavy atom. The largest absolute Gasteiger partial charge is 0.354 e. The number of hydrogen-bond acceptors (Lipinski definition) is 2. The van der Waals surface area contributed by atoms with Crippen molar-refractivity contribution in [2.24, 2.45) is 10.9 Å². The Balaban J connectivity index is 1.70. The molecule has 1 unspecified atom stereocenters. The maximum Gasteiger partial charge on any atom is 0.200 e. The fourth-order valence-electron chi connectivity index (χ4n) is 3.84. The van der Waals surface area contributed by atoms with Crippen molar-refractivity contribution in [3.63, 3.8) is 0 Å². The summed E-state index contributed by atoms with van der Waals surface area (Å²) in [7, 11) is 0. The number of halogens is 10. The molecule has 2 aliphatic rings. The Bertz CT molecular complexity index is 1240. The number of aliphatic imine (C=N–C) groups is 1. The van der Waals surface area contributed by atoms with Gasteiger partial charge in [0.2, 0.25) is 11.6 Å². The first-order valence-electron chi connectivity index (χ1n) is 9.80. The van der Waals surface area contributed by atoms with Crippen LogP contribution in [0.1, 0.15) is 25.7 Å². The van der Waals surface area contributed by atoms with Gasteiger partial charge in [-0.1, -0.05) is 0 Å². The predicted octanol–water partition coefficient (Wildman–Crippen LogP) is 7.28. The van der Waals surface area contributed by atoms with Gasteiger partial charge >= 0.3 is 0 Å². The number of rotatable bonds is 3. The van der Waals surface area contributed by atoms with Crippen molar-refractivity contribution in [1.82, 2.24) is 0 Å². The zero-order valence-corrected chi connectivity index (χ0v) is 16.8. The van der Waals surface area contributed by atoms with E-state index in [1.165, 1.54) is 12.2 Å². The third-order valence-electron chi connectivity index (χ3n) is 5.59. The van der Waals surface area contributed by atoms with Gasteiger partial charge in [0.15, 0.2) is 46.5 Å². The van der Waals surface area contributed by atoms with Gasteiger partial charge in [-0.2, -0.15) is 0 Å². The smallest absolute Gasteiger partial charge is 0.200 e. The van der Waals surface area contributed by atoms with Crippen LogP contribution in [0, 0.1) is 64.1 Å². The molecular weight excluding hydrogens is 482 g/mol. The quantitative estimate of drug-likeness (QED) is 0.271. The molecule has 12 heteroatoms. The molecule has 1 atom stereocenters. The van der Waals surface area contributed by atoms with Crippen molar-refractivity contribution in [2.45, 2.75) is 25.7 Å². The molecule has 0 radical (unpaired) electrons. The summed E-state index contributed by atoms with van der Waals surface area (Å²) in [6.45, 7) is 0. The number of anilines is 1. The molecule has 2 aliphatic carbocycles. The third kappa shape index (κ3) is 3.94. The SMILES string of the molecule is Fc1c(F)c(F)c(/N=C2/C=C3C=C(Nc4c(F)c(F)c(F)c(F)c4F)CCC3CC2)c(F)c1F. The lowest BCUT2D eigenvalue weighted by atomic mass is 9.79. The number of nitrogens with zero attached hydrogens (tertiary/aromatic N) is 1. The van der Waals surface area contributed by atoms with Gasteiger partial charge in [-0.3, -0.25) is 0 Å². The van der Waals surface area contributed by atoms with Gasteiger partial charge in [-0.25, -0.2) is 48.9 Å². The van der Waals surface area contributed by atoms with Crippen LogP contribution < -0.4 is 5.32 Å². The lowest BCUT2D eigenvalue weighted by Crippen LogP contribution is -2.20. The van der Waals surface area contributed by atoms with Crippen LogP contribution in [-0.2, 0) is 0 Å². The van der Waals surface area contributed by atoms with Crippen molar-refractivity contribution in [1.29, 1.82) is 0 Å². The number of fused-ring (bicyclic) bond motifs is 1. The molecule has 0 heterocycles. The van der Waals surface area contributed by atoms with Gasteiger partial charge < -0.3 is 5.32 Å². The molecule has 0 saturated carbocycles. The van der Waals surface area contributed by atoms with E-state index in [9.17, 15) is 43.9 Å². The van der Waals surface area contributed by atoms with Gasteiger partial charge in [-0.05, 0) is 49.3 Å². The summed E-state index contributed by atoms with van der Waals surface area (Å²) in [4.78, 5) is 3.57. The molecule has 0 amide bonds. The monoisotopic (exact) mass is 494 g/mol. The van der Waals surface area contributed by atoms with E-state index in [1.54, 1.807) is 0 Å². The molecule has 180 valence electrons. The van der Waals surface area contributed by atoms with E-state index in [0.717, 1.165) is 0 Å². The Kier molecular flexibility index (Phi) is 6.17. The van der Waals surface area contributed by atoms with E-state index in [4.69, 9.17) is 0 Å². The minimum atomic E-state index is -2.32. The molecule has 4 rings (SSSR count). The van der Waals surface area contributed by atoms with Gasteiger partial charge in [0.1, 0.15) is 11.4 Å².